The molecule has 0 bridgehead atoms. The van der Waals surface area contributed by atoms with Crippen molar-refractivity contribution in [2.24, 2.45) is 0 Å². The predicted molar refractivity (Wildman–Crippen MR) is 21.4 cm³/mol. The molecular weight excluding hydrogens is 182 g/mol. The fourth-order valence-electron chi connectivity index (χ4n) is 0. The zero-order valence-corrected chi connectivity index (χ0v) is 4.82. The molecule has 0 heterocycles. The Hall–Kier alpha value is -0.500. The summed E-state index contributed by atoms with van der Waals surface area (Å²) in [5, 5.41) is 14.6. The summed E-state index contributed by atoms with van der Waals surface area (Å²) in [5.41, 5.74) is 0. The summed E-state index contributed by atoms with van der Waals surface area (Å²) in [6.07, 6.45) is -8.09. The molecule has 70 valence electrons. The van der Waals surface area contributed by atoms with Crippen molar-refractivity contribution in [3.8, 4) is 0 Å². The van der Waals surface area contributed by atoms with E-state index in [-0.39, 0.29) is 0 Å². The average Bonchev–Trinajstić information content (AvgIpc) is 1.59. The Morgan fingerprint density at radius 3 is 1.00 bits per heavy atom. The fourth-order valence-corrected chi connectivity index (χ4v) is 0. The van der Waals surface area contributed by atoms with Gasteiger partial charge in [0.15, 0.2) is 0 Å². The lowest BCUT2D eigenvalue weighted by molar-refractivity contribution is -0.275. The van der Waals surface area contributed by atoms with Crippen LogP contribution in [0.1, 0.15) is 0 Å². The van der Waals surface area contributed by atoms with Gasteiger partial charge in [-0.25, -0.2) is 0 Å². The van der Waals surface area contributed by atoms with Crippen molar-refractivity contribution < 1.29 is 36.6 Å². The molecule has 11 heavy (non-hydrogen) atoms. The van der Waals surface area contributed by atoms with Gasteiger partial charge in [0, 0.05) is 0 Å². The first-order valence-electron chi connectivity index (χ1n) is 2.03. The molecule has 0 fully saturated rings. The van der Waals surface area contributed by atoms with Crippen LogP contribution in [0.3, 0.4) is 0 Å². The molecule has 0 aromatic rings. The fraction of sp³-hybridized carbons (Fsp3) is 1.00. The molecule has 8 heteroatoms. The number of alkyl halides is 6. The molecule has 0 unspecified atom stereocenters. The molecule has 0 rings (SSSR count). The zero-order chi connectivity index (χ0) is 9.65. The predicted octanol–water partition coefficient (Wildman–Crippen LogP) is 1.04. The highest BCUT2D eigenvalue weighted by molar-refractivity contribution is 4.47. The second-order valence-electron chi connectivity index (χ2n) is 1.16. The molecule has 0 radical (unpaired) electrons. The lowest BCUT2D eigenvalue weighted by Gasteiger charge is -2.05. The molecule has 2 N–H and O–H groups in total. The topological polar surface area (TPSA) is 40.5 Å². The molecule has 0 aromatic carbocycles. The second-order valence-corrected chi connectivity index (χ2v) is 1.16. The molecule has 0 saturated heterocycles. The van der Waals surface area contributed by atoms with Crippen molar-refractivity contribution in [2.75, 3.05) is 0 Å². The maximum absolute atomic E-state index is 10.7. The van der Waals surface area contributed by atoms with E-state index in [2.05, 4.69) is 0 Å². The Labute approximate surface area is 57.1 Å². The third-order valence-electron chi connectivity index (χ3n) is 0.293. The van der Waals surface area contributed by atoms with Crippen molar-refractivity contribution >= 4 is 0 Å². The van der Waals surface area contributed by atoms with E-state index in [1.165, 1.54) is 0 Å². The summed E-state index contributed by atoms with van der Waals surface area (Å²) in [4.78, 5) is 0. The largest absolute Gasteiger partial charge is 0.439 e. The van der Waals surface area contributed by atoms with Crippen LogP contribution in [-0.4, -0.2) is 29.4 Å². The van der Waals surface area contributed by atoms with Crippen LogP contribution in [0.2, 0.25) is 0 Å². The van der Waals surface area contributed by atoms with Crippen LogP contribution in [0, 0.1) is 0 Å². The monoisotopic (exact) mass is 186 g/mol. The molecular formula is C3H4F6O2. The lowest BCUT2D eigenvalue weighted by atomic mass is 10.6. The smallest absolute Gasteiger partial charge is 0.361 e. The van der Waals surface area contributed by atoms with E-state index in [1.54, 1.807) is 0 Å². The van der Waals surface area contributed by atoms with E-state index >= 15 is 0 Å². The third kappa shape index (κ3) is 17.7. The highest BCUT2D eigenvalue weighted by Gasteiger charge is 2.36. The molecule has 0 atom stereocenters. The third-order valence-corrected chi connectivity index (χ3v) is 0.293. The van der Waals surface area contributed by atoms with E-state index in [0.29, 0.717) is 0 Å². The van der Waals surface area contributed by atoms with Gasteiger partial charge in [0.1, 0.15) is 0 Å². The van der Waals surface area contributed by atoms with E-state index < -0.39 is 19.1 Å². The highest BCUT2D eigenvalue weighted by Crippen LogP contribution is 2.16. The normalized spacial score (nSPS) is 11.5. The highest BCUT2D eigenvalue weighted by atomic mass is 19.4. The van der Waals surface area contributed by atoms with Crippen LogP contribution in [0.5, 0.6) is 0 Å². The Kier molecular flexibility index (Phi) is 6.19. The standard InChI is InChI=1S/C2H3F3O2.CHF3/c3-2(4,5)1(6)7;2-1(3)4/h1,6-7H;1H. The van der Waals surface area contributed by atoms with Crippen LogP contribution in [-0.2, 0) is 0 Å². The molecule has 0 aromatic heterocycles. The summed E-state index contributed by atoms with van der Waals surface area (Å²) in [6.45, 7) is -3.67. The summed E-state index contributed by atoms with van der Waals surface area (Å²) in [7, 11) is 0. The Morgan fingerprint density at radius 1 is 0.909 bits per heavy atom. The molecule has 0 aliphatic heterocycles. The van der Waals surface area contributed by atoms with Crippen molar-refractivity contribution in [1.29, 1.82) is 0 Å². The Bertz CT molecular complexity index is 85.6. The molecule has 0 saturated carbocycles. The summed E-state index contributed by atoms with van der Waals surface area (Å²) in [6, 6.07) is 0. The van der Waals surface area contributed by atoms with E-state index in [0.717, 1.165) is 0 Å². The molecule has 2 nitrogen and oxygen atoms in total. The minimum atomic E-state index is -4.89. The molecule has 0 amide bonds. The zero-order valence-electron chi connectivity index (χ0n) is 4.82. The quantitative estimate of drug-likeness (QED) is 0.438. The van der Waals surface area contributed by atoms with E-state index in [9.17, 15) is 26.3 Å². The van der Waals surface area contributed by atoms with Gasteiger partial charge in [0.05, 0.1) is 0 Å². The van der Waals surface area contributed by atoms with Crippen molar-refractivity contribution in [3.63, 3.8) is 0 Å². The first-order valence-corrected chi connectivity index (χ1v) is 2.03. The van der Waals surface area contributed by atoms with Crippen molar-refractivity contribution in [3.05, 3.63) is 0 Å². The van der Waals surface area contributed by atoms with Gasteiger partial charge >= 0.3 is 12.9 Å². The number of rotatable bonds is 0. The van der Waals surface area contributed by atoms with Gasteiger partial charge in [-0.2, -0.15) is 26.3 Å². The molecule has 0 aliphatic carbocycles. The van der Waals surface area contributed by atoms with Gasteiger partial charge in [-0.05, 0) is 0 Å². The summed E-state index contributed by atoms with van der Waals surface area (Å²) in [5.74, 6) is 0. The van der Waals surface area contributed by atoms with Gasteiger partial charge in [-0.15, -0.1) is 0 Å². The SMILES string of the molecule is FC(F)F.OC(O)C(F)(F)F. The summed E-state index contributed by atoms with van der Waals surface area (Å²) < 4.78 is 61.0. The minimum Gasteiger partial charge on any atom is -0.361 e. The lowest BCUT2D eigenvalue weighted by Crippen LogP contribution is -2.27. The van der Waals surface area contributed by atoms with Crippen LogP contribution in [0.15, 0.2) is 0 Å². The van der Waals surface area contributed by atoms with Crippen LogP contribution < -0.4 is 0 Å². The van der Waals surface area contributed by atoms with Crippen LogP contribution in [0.25, 0.3) is 0 Å². The van der Waals surface area contributed by atoms with E-state index in [4.69, 9.17) is 10.2 Å². The van der Waals surface area contributed by atoms with Gasteiger partial charge in [-0.3, -0.25) is 0 Å². The number of aliphatic hydroxyl groups is 2. The Morgan fingerprint density at radius 2 is 1.00 bits per heavy atom. The maximum Gasteiger partial charge on any atom is 0.439 e. The van der Waals surface area contributed by atoms with Crippen molar-refractivity contribution in [1.82, 2.24) is 0 Å². The average molecular weight is 186 g/mol. The van der Waals surface area contributed by atoms with Crippen LogP contribution in [0.4, 0.5) is 26.3 Å². The second kappa shape index (κ2) is 5.19. The Balaban J connectivity index is 0. The van der Waals surface area contributed by atoms with E-state index in [1.807, 2.05) is 0 Å². The van der Waals surface area contributed by atoms with Gasteiger partial charge in [0.25, 0.3) is 6.29 Å². The molecule has 0 aliphatic rings. The number of aliphatic hydroxyl groups excluding tert-OH is 1. The van der Waals surface area contributed by atoms with Gasteiger partial charge in [-0.1, -0.05) is 0 Å². The first-order chi connectivity index (χ1) is 4.68. The number of halogens is 6. The van der Waals surface area contributed by atoms with Crippen molar-refractivity contribution in [2.45, 2.75) is 19.1 Å². The molecule has 0 spiro atoms. The maximum atomic E-state index is 10.7. The van der Waals surface area contributed by atoms with Gasteiger partial charge < -0.3 is 10.2 Å². The van der Waals surface area contributed by atoms with Gasteiger partial charge in [0.2, 0.25) is 0 Å². The van der Waals surface area contributed by atoms with Crippen LogP contribution >= 0.6 is 0 Å². The summed E-state index contributed by atoms with van der Waals surface area (Å²) >= 11 is 0. The minimum absolute atomic E-state index is 3.20. The number of hydrogen-bond donors (Lipinski definition) is 2. The number of hydrogen-bond acceptors (Lipinski definition) is 2. The first kappa shape index (κ1) is 13.1.